The van der Waals surface area contributed by atoms with Crippen LogP contribution in [0.3, 0.4) is 0 Å². The predicted molar refractivity (Wildman–Crippen MR) is 97.0 cm³/mol. The summed E-state index contributed by atoms with van der Waals surface area (Å²) in [6, 6.07) is 6.63. The lowest BCUT2D eigenvalue weighted by Crippen LogP contribution is -2.51. The molecule has 4 rings (SSSR count). The number of piperidine rings is 1. The Morgan fingerprint density at radius 1 is 1.15 bits per heavy atom. The summed E-state index contributed by atoms with van der Waals surface area (Å²) < 4.78 is 14.3. The fraction of sp³-hybridized carbons (Fsp3) is 0.619. The molecular formula is C21H27FN2O2. The van der Waals surface area contributed by atoms with E-state index in [-0.39, 0.29) is 17.6 Å². The maximum atomic E-state index is 14.3. The van der Waals surface area contributed by atoms with E-state index in [4.69, 9.17) is 0 Å². The highest BCUT2D eigenvalue weighted by atomic mass is 19.1. The molecule has 4 nitrogen and oxygen atoms in total. The number of rotatable bonds is 4. The number of benzene rings is 1. The fourth-order valence-corrected chi connectivity index (χ4v) is 4.94. The molecule has 0 aromatic heterocycles. The number of hydrogen-bond donors (Lipinski definition) is 0. The lowest BCUT2D eigenvalue weighted by molar-refractivity contribution is -0.146. The maximum absolute atomic E-state index is 14.3. The van der Waals surface area contributed by atoms with E-state index < -0.39 is 10.8 Å². The van der Waals surface area contributed by atoms with Crippen molar-refractivity contribution in [2.75, 3.05) is 26.2 Å². The van der Waals surface area contributed by atoms with Crippen LogP contribution in [0.5, 0.6) is 0 Å². The summed E-state index contributed by atoms with van der Waals surface area (Å²) in [5.74, 6) is -0.0633. The van der Waals surface area contributed by atoms with Gasteiger partial charge >= 0.3 is 0 Å². The van der Waals surface area contributed by atoms with Crippen LogP contribution in [-0.2, 0) is 15.0 Å². The molecule has 1 aliphatic carbocycles. The van der Waals surface area contributed by atoms with Crippen molar-refractivity contribution in [3.63, 3.8) is 0 Å². The second kappa shape index (κ2) is 6.36. The van der Waals surface area contributed by atoms with Gasteiger partial charge in [-0.1, -0.05) is 25.1 Å². The Labute approximate surface area is 154 Å². The Morgan fingerprint density at radius 2 is 1.92 bits per heavy atom. The number of halogens is 1. The van der Waals surface area contributed by atoms with E-state index in [1.54, 1.807) is 18.2 Å². The van der Waals surface area contributed by atoms with Gasteiger partial charge in [0, 0.05) is 31.7 Å². The molecule has 0 N–H and O–H groups in total. The number of likely N-dealkylation sites (tertiary alicyclic amines) is 2. The predicted octanol–water partition coefficient (Wildman–Crippen LogP) is 3.11. The number of hydrogen-bond acceptors (Lipinski definition) is 2. The van der Waals surface area contributed by atoms with Gasteiger partial charge in [-0.2, -0.15) is 0 Å². The Morgan fingerprint density at radius 3 is 2.62 bits per heavy atom. The smallest absolute Gasteiger partial charge is 0.233 e. The molecule has 3 fully saturated rings. The molecule has 1 saturated carbocycles. The summed E-state index contributed by atoms with van der Waals surface area (Å²) in [5.41, 5.74) is -0.583. The van der Waals surface area contributed by atoms with Crippen molar-refractivity contribution in [1.29, 1.82) is 0 Å². The lowest BCUT2D eigenvalue weighted by Gasteiger charge is -2.39. The minimum absolute atomic E-state index is 0.0138. The molecule has 0 unspecified atom stereocenters. The summed E-state index contributed by atoms with van der Waals surface area (Å²) in [6.45, 7) is 4.83. The van der Waals surface area contributed by atoms with Gasteiger partial charge in [0.1, 0.15) is 5.82 Å². The first kappa shape index (κ1) is 17.5. The highest BCUT2D eigenvalue weighted by Gasteiger charge is 2.57. The molecule has 2 heterocycles. The van der Waals surface area contributed by atoms with Crippen LogP contribution in [0.4, 0.5) is 4.39 Å². The molecule has 1 aromatic carbocycles. The Kier molecular flexibility index (Phi) is 4.28. The van der Waals surface area contributed by atoms with E-state index in [2.05, 4.69) is 6.92 Å². The van der Waals surface area contributed by atoms with Crippen LogP contribution in [0, 0.1) is 11.2 Å². The van der Waals surface area contributed by atoms with Crippen molar-refractivity contribution >= 4 is 11.8 Å². The third kappa shape index (κ3) is 2.63. The van der Waals surface area contributed by atoms with Crippen LogP contribution < -0.4 is 0 Å². The first-order valence-electron chi connectivity index (χ1n) is 9.86. The van der Waals surface area contributed by atoms with E-state index >= 15 is 0 Å². The highest BCUT2D eigenvalue weighted by molar-refractivity contribution is 5.93. The van der Waals surface area contributed by atoms with E-state index in [0.717, 1.165) is 38.8 Å². The summed E-state index contributed by atoms with van der Waals surface area (Å²) in [4.78, 5) is 30.1. The molecule has 0 radical (unpaired) electrons. The van der Waals surface area contributed by atoms with Gasteiger partial charge in [0.25, 0.3) is 0 Å². The molecular weight excluding hydrogens is 331 g/mol. The molecule has 5 heteroatoms. The number of carbonyl (C=O) groups is 2. The highest BCUT2D eigenvalue weighted by Crippen LogP contribution is 2.52. The van der Waals surface area contributed by atoms with E-state index in [9.17, 15) is 14.0 Å². The summed E-state index contributed by atoms with van der Waals surface area (Å²) in [6.07, 6.45) is 4.97. The minimum Gasteiger partial charge on any atom is -0.342 e. The van der Waals surface area contributed by atoms with Crippen molar-refractivity contribution in [2.45, 2.75) is 50.9 Å². The zero-order chi connectivity index (χ0) is 18.4. The summed E-state index contributed by atoms with van der Waals surface area (Å²) in [5, 5.41) is 0. The first-order valence-corrected chi connectivity index (χ1v) is 9.86. The zero-order valence-electron chi connectivity index (χ0n) is 15.5. The molecule has 1 atom stereocenters. The number of carbonyl (C=O) groups excluding carboxylic acids is 2. The van der Waals surface area contributed by atoms with Gasteiger partial charge in [-0.25, -0.2) is 4.39 Å². The van der Waals surface area contributed by atoms with Crippen molar-refractivity contribution in [2.24, 2.45) is 5.41 Å². The van der Waals surface area contributed by atoms with Crippen molar-refractivity contribution in [3.8, 4) is 0 Å². The lowest BCUT2D eigenvalue weighted by atomic mass is 9.78. The van der Waals surface area contributed by atoms with E-state index in [1.807, 2.05) is 9.80 Å². The van der Waals surface area contributed by atoms with Crippen LogP contribution in [0.1, 0.15) is 51.0 Å². The summed E-state index contributed by atoms with van der Waals surface area (Å²) in [7, 11) is 0. The molecule has 2 saturated heterocycles. The molecule has 1 spiro atoms. The molecule has 1 aromatic rings. The molecule has 26 heavy (non-hydrogen) atoms. The van der Waals surface area contributed by atoms with Gasteiger partial charge in [-0.15, -0.1) is 0 Å². The molecule has 3 aliphatic rings. The average Bonchev–Trinajstić information content (AvgIpc) is 3.34. The Bertz CT molecular complexity index is 728. The standard InChI is InChI=1S/C21H27FN2O2/c1-2-12-23-13-5-8-20(18(23)25)11-14-24(15-20)19(26)21(9-10-21)16-6-3-4-7-17(16)22/h3-4,6-7H,2,5,8-15H2,1H3/t20-/m1/s1. The van der Waals surface area contributed by atoms with Crippen LogP contribution in [-0.4, -0.2) is 47.8 Å². The van der Waals surface area contributed by atoms with Crippen LogP contribution in [0.25, 0.3) is 0 Å². The number of nitrogens with zero attached hydrogens (tertiary/aromatic N) is 2. The van der Waals surface area contributed by atoms with Crippen molar-refractivity contribution in [1.82, 2.24) is 9.80 Å². The Balaban J connectivity index is 1.53. The molecule has 2 aliphatic heterocycles. The van der Waals surface area contributed by atoms with Crippen LogP contribution in [0.2, 0.25) is 0 Å². The zero-order valence-corrected chi connectivity index (χ0v) is 15.5. The fourth-order valence-electron chi connectivity index (χ4n) is 4.94. The van der Waals surface area contributed by atoms with Crippen LogP contribution >= 0.6 is 0 Å². The maximum Gasteiger partial charge on any atom is 0.233 e. The topological polar surface area (TPSA) is 40.6 Å². The van der Waals surface area contributed by atoms with Crippen LogP contribution in [0.15, 0.2) is 24.3 Å². The summed E-state index contributed by atoms with van der Waals surface area (Å²) >= 11 is 0. The quantitative estimate of drug-likeness (QED) is 0.830. The van der Waals surface area contributed by atoms with Crippen molar-refractivity contribution < 1.29 is 14.0 Å². The van der Waals surface area contributed by atoms with Gasteiger partial charge < -0.3 is 9.80 Å². The number of amides is 2. The molecule has 140 valence electrons. The largest absolute Gasteiger partial charge is 0.342 e. The van der Waals surface area contributed by atoms with Crippen molar-refractivity contribution in [3.05, 3.63) is 35.6 Å². The normalized spacial score (nSPS) is 27.2. The second-order valence-corrected chi connectivity index (χ2v) is 8.21. The first-order chi connectivity index (χ1) is 12.5. The van der Waals surface area contributed by atoms with Gasteiger partial charge in [0.15, 0.2) is 0 Å². The third-order valence-electron chi connectivity index (χ3n) is 6.51. The van der Waals surface area contributed by atoms with E-state index in [0.29, 0.717) is 31.5 Å². The third-order valence-corrected chi connectivity index (χ3v) is 6.51. The SMILES string of the molecule is CCCN1CCC[C@]2(CCN(C(=O)C3(c4ccccc4F)CC3)C2)C1=O. The average molecular weight is 358 g/mol. The molecule has 0 bridgehead atoms. The van der Waals surface area contributed by atoms with Gasteiger partial charge in [-0.05, 0) is 44.6 Å². The second-order valence-electron chi connectivity index (χ2n) is 8.21. The minimum atomic E-state index is -0.697. The van der Waals surface area contributed by atoms with E-state index in [1.165, 1.54) is 6.07 Å². The molecule has 2 amide bonds. The Hall–Kier alpha value is -1.91. The van der Waals surface area contributed by atoms with Gasteiger partial charge in [-0.3, -0.25) is 9.59 Å². The van der Waals surface area contributed by atoms with Gasteiger partial charge in [0.2, 0.25) is 11.8 Å². The monoisotopic (exact) mass is 358 g/mol. The van der Waals surface area contributed by atoms with Gasteiger partial charge in [0.05, 0.1) is 10.8 Å².